The van der Waals surface area contributed by atoms with E-state index in [9.17, 15) is 9.59 Å². The molecule has 0 aliphatic carbocycles. The van der Waals surface area contributed by atoms with E-state index in [1.807, 2.05) is 65.7 Å². The molecule has 43 heavy (non-hydrogen) atoms. The number of esters is 2. The molecule has 1 aliphatic rings. The van der Waals surface area contributed by atoms with Gasteiger partial charge in [-0.25, -0.2) is 14.7 Å². The number of methoxy groups -OCH3 is 2. The molecule has 1 aliphatic heterocycles. The van der Waals surface area contributed by atoms with Crippen LogP contribution in [0.15, 0.2) is 89.1 Å². The van der Waals surface area contributed by atoms with Crippen LogP contribution in [-0.2, 0) is 20.7 Å². The first-order valence-electron chi connectivity index (χ1n) is 15.0. The molecule has 3 aromatic rings. The third-order valence-electron chi connectivity index (χ3n) is 7.77. The minimum atomic E-state index is -0.395. The van der Waals surface area contributed by atoms with E-state index in [4.69, 9.17) is 19.3 Å². The topological polar surface area (TPSA) is 77.4 Å². The summed E-state index contributed by atoms with van der Waals surface area (Å²) in [6, 6.07) is 23.3. The first-order valence-corrected chi connectivity index (χ1v) is 15.0. The average Bonchev–Trinajstić information content (AvgIpc) is 3.06. The lowest BCUT2D eigenvalue weighted by atomic mass is 9.88. The van der Waals surface area contributed by atoms with Crippen molar-refractivity contribution in [1.82, 2.24) is 5.06 Å². The predicted octanol–water partition coefficient (Wildman–Crippen LogP) is 7.80. The lowest BCUT2D eigenvalue weighted by Gasteiger charge is -2.37. The van der Waals surface area contributed by atoms with Gasteiger partial charge in [-0.1, -0.05) is 81.3 Å². The normalized spacial score (nSPS) is 14.9. The molecule has 0 radical (unpaired) electrons. The molecule has 0 saturated carbocycles. The third-order valence-corrected chi connectivity index (χ3v) is 7.77. The van der Waals surface area contributed by atoms with Gasteiger partial charge < -0.3 is 9.47 Å². The van der Waals surface area contributed by atoms with Crippen molar-refractivity contribution in [3.8, 4) is 11.1 Å². The van der Waals surface area contributed by atoms with Crippen molar-refractivity contribution in [1.29, 1.82) is 0 Å². The zero-order valence-corrected chi connectivity index (χ0v) is 25.9. The molecule has 0 saturated heterocycles. The Bertz CT molecular complexity index is 1460. The minimum absolute atomic E-state index is 0.187. The van der Waals surface area contributed by atoms with Crippen LogP contribution in [0.25, 0.3) is 11.1 Å². The van der Waals surface area contributed by atoms with E-state index in [2.05, 4.69) is 13.8 Å². The number of benzene rings is 3. The molecular weight excluding hydrogens is 540 g/mol. The third kappa shape index (κ3) is 7.41. The number of carbonyl (C=O) groups excluding carboxylic acids is 2. The Morgan fingerprint density at radius 2 is 1.51 bits per heavy atom. The predicted molar refractivity (Wildman–Crippen MR) is 170 cm³/mol. The van der Waals surface area contributed by atoms with Gasteiger partial charge in [0.25, 0.3) is 0 Å². The van der Waals surface area contributed by atoms with Gasteiger partial charge in [0.15, 0.2) is 0 Å². The molecule has 226 valence electrons. The summed E-state index contributed by atoms with van der Waals surface area (Å²) in [5, 5.41) is 1.98. The Labute approximate surface area is 255 Å². The second kappa shape index (κ2) is 15.3. The van der Waals surface area contributed by atoms with Crippen LogP contribution in [0, 0.1) is 0 Å². The molecule has 0 amide bonds. The monoisotopic (exact) mass is 582 g/mol. The number of nitrogens with zero attached hydrogens (tertiary/aromatic N) is 2. The Morgan fingerprint density at radius 1 is 0.814 bits per heavy atom. The van der Waals surface area contributed by atoms with Crippen LogP contribution < -0.4 is 0 Å². The number of allylic oxidation sites excluding steroid dienone is 2. The molecule has 1 unspecified atom stereocenters. The number of hydrogen-bond acceptors (Lipinski definition) is 7. The summed E-state index contributed by atoms with van der Waals surface area (Å²) in [4.78, 5) is 36.5. The molecule has 0 aromatic heterocycles. The number of aliphatic imine (C=N–C) groups is 1. The minimum Gasteiger partial charge on any atom is -0.465 e. The zero-order valence-electron chi connectivity index (χ0n) is 25.9. The van der Waals surface area contributed by atoms with Crippen LogP contribution in [0.1, 0.15) is 84.2 Å². The highest BCUT2D eigenvalue weighted by Crippen LogP contribution is 2.34. The van der Waals surface area contributed by atoms with Gasteiger partial charge >= 0.3 is 11.9 Å². The van der Waals surface area contributed by atoms with Gasteiger partial charge in [0.05, 0.1) is 38.2 Å². The summed E-state index contributed by atoms with van der Waals surface area (Å²) in [7, 11) is 4.50. The van der Waals surface area contributed by atoms with Crippen LogP contribution in [0.3, 0.4) is 0 Å². The molecule has 3 aromatic carbocycles. The first-order chi connectivity index (χ1) is 20.9. The first kappa shape index (κ1) is 31.7. The Morgan fingerprint density at radius 3 is 2.14 bits per heavy atom. The molecule has 0 fully saturated rings. The van der Waals surface area contributed by atoms with E-state index in [1.54, 1.807) is 19.2 Å². The van der Waals surface area contributed by atoms with E-state index < -0.39 is 5.97 Å². The fourth-order valence-electron chi connectivity index (χ4n) is 5.49. The second-order valence-corrected chi connectivity index (χ2v) is 10.6. The van der Waals surface area contributed by atoms with Crippen LogP contribution in [0.4, 0.5) is 0 Å². The highest BCUT2D eigenvalue weighted by molar-refractivity contribution is 6.15. The summed E-state index contributed by atoms with van der Waals surface area (Å²) in [6.45, 7) is 4.35. The molecule has 1 atom stereocenters. The fraction of sp³-hybridized carbons (Fsp3) is 0.361. The summed E-state index contributed by atoms with van der Waals surface area (Å²) in [6.07, 6.45) is 6.14. The van der Waals surface area contributed by atoms with Crippen molar-refractivity contribution in [3.63, 3.8) is 0 Å². The van der Waals surface area contributed by atoms with Crippen molar-refractivity contribution in [2.75, 3.05) is 21.3 Å². The zero-order chi connectivity index (χ0) is 30.8. The van der Waals surface area contributed by atoms with Crippen molar-refractivity contribution >= 4 is 17.7 Å². The molecule has 1 heterocycles. The van der Waals surface area contributed by atoms with Crippen molar-refractivity contribution in [2.45, 2.75) is 65.0 Å². The lowest BCUT2D eigenvalue weighted by Crippen LogP contribution is -2.39. The second-order valence-electron chi connectivity index (χ2n) is 10.6. The SMILES string of the molecule is CCCCC1=C(Cc2ccc(C(=O)OC)cc2)C(c2ccc(-c3ccccc3)c(C(=O)OC)c2)=NC(CCCC)N1OC. The molecule has 4 rings (SSSR count). The number of unbranched alkanes of at least 4 members (excludes halogenated alkanes) is 2. The number of hydroxylamine groups is 2. The Kier molecular flexibility index (Phi) is 11.3. The molecule has 0 spiro atoms. The van der Waals surface area contributed by atoms with E-state index in [-0.39, 0.29) is 12.1 Å². The molecule has 0 bridgehead atoms. The standard InChI is InChI=1S/C36H42N2O5/c1-6-8-15-32-31(23-25-17-19-27(20-18-25)35(39)41-3)34(37-33(16-9-7-2)38(32)43-5)28-21-22-29(26-13-11-10-12-14-26)30(24-28)36(40)42-4/h10-14,17-22,24,33H,6-9,15-16,23H2,1-5H3. The van der Waals surface area contributed by atoms with E-state index in [0.29, 0.717) is 17.5 Å². The van der Waals surface area contributed by atoms with Gasteiger partial charge in [0, 0.05) is 23.3 Å². The summed E-state index contributed by atoms with van der Waals surface area (Å²) < 4.78 is 10.1. The fourth-order valence-corrected chi connectivity index (χ4v) is 5.49. The summed E-state index contributed by atoms with van der Waals surface area (Å²) in [5.41, 5.74) is 7.61. The number of ether oxygens (including phenoxy) is 2. The average molecular weight is 583 g/mol. The molecule has 7 heteroatoms. The van der Waals surface area contributed by atoms with Crippen LogP contribution in [0.2, 0.25) is 0 Å². The van der Waals surface area contributed by atoms with Crippen LogP contribution in [-0.4, -0.2) is 50.2 Å². The maximum atomic E-state index is 13.1. The van der Waals surface area contributed by atoms with Gasteiger partial charge in [-0.05, 0) is 60.6 Å². The van der Waals surface area contributed by atoms with E-state index >= 15 is 0 Å². The Balaban J connectivity index is 1.89. The van der Waals surface area contributed by atoms with Gasteiger partial charge in [0.1, 0.15) is 6.17 Å². The highest BCUT2D eigenvalue weighted by atomic mass is 16.7. The number of carbonyl (C=O) groups is 2. The smallest absolute Gasteiger partial charge is 0.338 e. The lowest BCUT2D eigenvalue weighted by molar-refractivity contribution is -0.136. The quantitative estimate of drug-likeness (QED) is 0.191. The largest absolute Gasteiger partial charge is 0.465 e. The highest BCUT2D eigenvalue weighted by Gasteiger charge is 2.31. The van der Waals surface area contributed by atoms with E-state index in [1.165, 1.54) is 14.2 Å². The maximum absolute atomic E-state index is 13.1. The Hall–Kier alpha value is -4.23. The van der Waals surface area contributed by atoms with Crippen molar-refractivity contribution < 1.29 is 23.9 Å². The van der Waals surface area contributed by atoms with Crippen LogP contribution >= 0.6 is 0 Å². The van der Waals surface area contributed by atoms with Crippen LogP contribution in [0.5, 0.6) is 0 Å². The summed E-state index contributed by atoms with van der Waals surface area (Å²) >= 11 is 0. The van der Waals surface area contributed by atoms with Gasteiger partial charge in [-0.15, -0.1) is 0 Å². The van der Waals surface area contributed by atoms with Gasteiger partial charge in [-0.2, -0.15) is 0 Å². The van der Waals surface area contributed by atoms with E-state index in [0.717, 1.165) is 77.8 Å². The van der Waals surface area contributed by atoms with Crippen molar-refractivity contribution in [3.05, 3.63) is 106 Å². The summed E-state index contributed by atoms with van der Waals surface area (Å²) in [5.74, 6) is -0.763. The molecule has 0 N–H and O–H groups in total. The van der Waals surface area contributed by atoms with Crippen molar-refractivity contribution in [2.24, 2.45) is 4.99 Å². The van der Waals surface area contributed by atoms with Gasteiger partial charge in [0.2, 0.25) is 0 Å². The molecular formula is C36H42N2O5. The molecule has 7 nitrogen and oxygen atoms in total. The maximum Gasteiger partial charge on any atom is 0.338 e. The number of hydrogen-bond donors (Lipinski definition) is 0. The number of rotatable bonds is 13. The van der Waals surface area contributed by atoms with Gasteiger partial charge in [-0.3, -0.25) is 9.83 Å².